The van der Waals surface area contributed by atoms with Crippen molar-refractivity contribution in [3.63, 3.8) is 0 Å². The van der Waals surface area contributed by atoms with Crippen LogP contribution in [0.5, 0.6) is 11.5 Å². The van der Waals surface area contributed by atoms with Gasteiger partial charge in [0.25, 0.3) is 5.91 Å². The maximum Gasteiger partial charge on any atom is 0.573 e. The highest BCUT2D eigenvalue weighted by Crippen LogP contribution is 2.26. The Balaban J connectivity index is 2.16. The molecule has 0 fully saturated rings. The maximum atomic E-state index is 12.1. The molecule has 2 aromatic rings. The Morgan fingerprint density at radius 2 is 1.91 bits per heavy atom. The zero-order chi connectivity index (χ0) is 16.3. The van der Waals surface area contributed by atoms with Gasteiger partial charge in [-0.05, 0) is 36.8 Å². The molecule has 22 heavy (non-hydrogen) atoms. The van der Waals surface area contributed by atoms with Crippen LogP contribution in [0.15, 0.2) is 42.5 Å². The zero-order valence-electron chi connectivity index (χ0n) is 11.4. The van der Waals surface area contributed by atoms with Gasteiger partial charge in [0, 0.05) is 11.8 Å². The van der Waals surface area contributed by atoms with Crippen LogP contribution in [0.3, 0.4) is 0 Å². The molecule has 0 radical (unpaired) electrons. The summed E-state index contributed by atoms with van der Waals surface area (Å²) in [6.07, 6.45) is -4.81. The summed E-state index contributed by atoms with van der Waals surface area (Å²) in [6, 6.07) is 9.35. The molecule has 0 saturated heterocycles. The van der Waals surface area contributed by atoms with E-state index in [0.717, 1.165) is 17.7 Å². The molecule has 0 aliphatic heterocycles. The third kappa shape index (κ3) is 4.15. The molecule has 2 N–H and O–H groups in total. The number of benzene rings is 2. The normalized spacial score (nSPS) is 11.1. The fourth-order valence-corrected chi connectivity index (χ4v) is 1.80. The van der Waals surface area contributed by atoms with Gasteiger partial charge in [-0.2, -0.15) is 0 Å². The quantitative estimate of drug-likeness (QED) is 0.905. The van der Waals surface area contributed by atoms with Crippen molar-refractivity contribution in [2.24, 2.45) is 0 Å². The van der Waals surface area contributed by atoms with E-state index in [4.69, 9.17) is 0 Å². The van der Waals surface area contributed by atoms with Crippen LogP contribution < -0.4 is 10.1 Å². The molecule has 0 aliphatic carbocycles. The van der Waals surface area contributed by atoms with Crippen LogP contribution >= 0.6 is 0 Å². The van der Waals surface area contributed by atoms with Gasteiger partial charge in [0.15, 0.2) is 0 Å². The summed E-state index contributed by atoms with van der Waals surface area (Å²) in [6.45, 7) is 1.75. The van der Waals surface area contributed by atoms with Crippen molar-refractivity contribution >= 4 is 11.6 Å². The Kier molecular flexibility index (Phi) is 4.25. The number of alkyl halides is 3. The molecule has 2 aromatic carbocycles. The van der Waals surface area contributed by atoms with Gasteiger partial charge in [0.1, 0.15) is 11.5 Å². The summed E-state index contributed by atoms with van der Waals surface area (Å²) < 4.78 is 40.2. The number of nitrogens with one attached hydrogen (secondary N) is 1. The summed E-state index contributed by atoms with van der Waals surface area (Å²) in [5.74, 6) is -1.29. The van der Waals surface area contributed by atoms with Crippen molar-refractivity contribution < 1.29 is 27.8 Å². The van der Waals surface area contributed by atoms with Gasteiger partial charge in [-0.15, -0.1) is 13.2 Å². The average Bonchev–Trinajstić information content (AvgIpc) is 2.36. The van der Waals surface area contributed by atoms with Crippen molar-refractivity contribution in [3.05, 3.63) is 53.6 Å². The third-order valence-electron chi connectivity index (χ3n) is 2.72. The van der Waals surface area contributed by atoms with Crippen LogP contribution in [0.1, 0.15) is 15.9 Å². The largest absolute Gasteiger partial charge is 0.573 e. The van der Waals surface area contributed by atoms with Crippen molar-refractivity contribution in [1.82, 2.24) is 0 Å². The Morgan fingerprint density at radius 3 is 2.55 bits per heavy atom. The molecule has 0 unspecified atom stereocenters. The van der Waals surface area contributed by atoms with E-state index in [1.807, 2.05) is 0 Å². The van der Waals surface area contributed by atoms with E-state index in [-0.39, 0.29) is 17.0 Å². The monoisotopic (exact) mass is 311 g/mol. The number of amides is 1. The SMILES string of the molecule is Cc1ccc(C(=O)Nc2cccc(OC(F)(F)F)c2)c(O)c1. The minimum atomic E-state index is -4.81. The number of hydrogen-bond donors (Lipinski definition) is 2. The molecule has 0 aromatic heterocycles. The molecule has 0 saturated carbocycles. The van der Waals surface area contributed by atoms with E-state index >= 15 is 0 Å². The van der Waals surface area contributed by atoms with Gasteiger partial charge < -0.3 is 15.2 Å². The number of aryl methyl sites for hydroxylation is 1. The molecule has 116 valence electrons. The van der Waals surface area contributed by atoms with Gasteiger partial charge in [0.2, 0.25) is 0 Å². The molecule has 7 heteroatoms. The molecule has 2 rings (SSSR count). The fourth-order valence-electron chi connectivity index (χ4n) is 1.80. The molecular weight excluding hydrogens is 299 g/mol. The predicted molar refractivity (Wildman–Crippen MR) is 73.9 cm³/mol. The van der Waals surface area contributed by atoms with Gasteiger partial charge >= 0.3 is 6.36 Å². The molecule has 0 bridgehead atoms. The molecule has 0 heterocycles. The highest BCUT2D eigenvalue weighted by atomic mass is 19.4. The predicted octanol–water partition coefficient (Wildman–Crippen LogP) is 3.85. The van der Waals surface area contributed by atoms with Crippen molar-refractivity contribution in [2.45, 2.75) is 13.3 Å². The molecule has 0 spiro atoms. The highest BCUT2D eigenvalue weighted by molar-refractivity contribution is 6.06. The van der Waals surface area contributed by atoms with Gasteiger partial charge in [-0.3, -0.25) is 4.79 Å². The summed E-state index contributed by atoms with van der Waals surface area (Å²) in [5.41, 5.74) is 0.911. The van der Waals surface area contributed by atoms with E-state index in [1.165, 1.54) is 24.3 Å². The zero-order valence-corrected chi connectivity index (χ0v) is 11.4. The maximum absolute atomic E-state index is 12.1. The Morgan fingerprint density at radius 1 is 1.18 bits per heavy atom. The van der Waals surface area contributed by atoms with Crippen molar-refractivity contribution in [2.75, 3.05) is 5.32 Å². The van der Waals surface area contributed by atoms with E-state index in [1.54, 1.807) is 13.0 Å². The first-order valence-corrected chi connectivity index (χ1v) is 6.21. The number of aromatic hydroxyl groups is 1. The second kappa shape index (κ2) is 5.97. The summed E-state index contributed by atoms with van der Waals surface area (Å²) >= 11 is 0. The number of phenols is 1. The number of halogens is 3. The first kappa shape index (κ1) is 15.7. The van der Waals surface area contributed by atoms with Crippen LogP contribution in [0.2, 0.25) is 0 Å². The number of anilines is 1. The average molecular weight is 311 g/mol. The topological polar surface area (TPSA) is 58.6 Å². The highest BCUT2D eigenvalue weighted by Gasteiger charge is 2.31. The number of rotatable bonds is 3. The number of phenolic OH excluding ortho intramolecular Hbond substituents is 1. The van der Waals surface area contributed by atoms with E-state index in [2.05, 4.69) is 10.1 Å². The smallest absolute Gasteiger partial charge is 0.507 e. The molecule has 0 aliphatic rings. The summed E-state index contributed by atoms with van der Waals surface area (Å²) in [4.78, 5) is 12.0. The van der Waals surface area contributed by atoms with E-state index in [9.17, 15) is 23.1 Å². The Hall–Kier alpha value is -2.70. The minimum absolute atomic E-state index is 0.0211. The second-order valence-corrected chi connectivity index (χ2v) is 4.55. The van der Waals surface area contributed by atoms with Crippen molar-refractivity contribution in [1.29, 1.82) is 0 Å². The lowest BCUT2D eigenvalue weighted by Gasteiger charge is -2.11. The van der Waals surface area contributed by atoms with Crippen LogP contribution in [0, 0.1) is 6.92 Å². The lowest BCUT2D eigenvalue weighted by atomic mass is 10.1. The molecule has 1 amide bonds. The molecular formula is C15H12F3NO3. The lowest BCUT2D eigenvalue weighted by molar-refractivity contribution is -0.274. The Labute approximate surface area is 124 Å². The van der Waals surface area contributed by atoms with Crippen LogP contribution in [0.25, 0.3) is 0 Å². The minimum Gasteiger partial charge on any atom is -0.507 e. The summed E-state index contributed by atoms with van der Waals surface area (Å²) in [5, 5.41) is 12.1. The second-order valence-electron chi connectivity index (χ2n) is 4.55. The molecule has 4 nitrogen and oxygen atoms in total. The molecule has 0 atom stereocenters. The number of hydrogen-bond acceptors (Lipinski definition) is 3. The van der Waals surface area contributed by atoms with Crippen LogP contribution in [-0.2, 0) is 0 Å². The standard InChI is InChI=1S/C15H12F3NO3/c1-9-5-6-12(13(20)7-9)14(21)19-10-3-2-4-11(8-10)22-15(16,17)18/h2-8,20H,1H3,(H,19,21). The number of carbonyl (C=O) groups is 1. The van der Waals surface area contributed by atoms with Crippen LogP contribution in [-0.4, -0.2) is 17.4 Å². The lowest BCUT2D eigenvalue weighted by Crippen LogP contribution is -2.17. The number of ether oxygens (including phenoxy) is 1. The van der Waals surface area contributed by atoms with Crippen molar-refractivity contribution in [3.8, 4) is 11.5 Å². The van der Waals surface area contributed by atoms with E-state index < -0.39 is 18.0 Å². The van der Waals surface area contributed by atoms with Gasteiger partial charge in [0.05, 0.1) is 5.56 Å². The first-order valence-electron chi connectivity index (χ1n) is 6.21. The summed E-state index contributed by atoms with van der Waals surface area (Å²) in [7, 11) is 0. The van der Waals surface area contributed by atoms with Gasteiger partial charge in [-0.1, -0.05) is 12.1 Å². The Bertz CT molecular complexity index is 699. The fraction of sp³-hybridized carbons (Fsp3) is 0.133. The first-order chi connectivity index (χ1) is 10.2. The van der Waals surface area contributed by atoms with Crippen LogP contribution in [0.4, 0.5) is 18.9 Å². The third-order valence-corrected chi connectivity index (χ3v) is 2.72. The van der Waals surface area contributed by atoms with Gasteiger partial charge in [-0.25, -0.2) is 0 Å². The number of carbonyl (C=O) groups excluding carboxylic acids is 1. The van der Waals surface area contributed by atoms with E-state index in [0.29, 0.717) is 0 Å².